The van der Waals surface area contributed by atoms with Crippen molar-refractivity contribution in [2.75, 3.05) is 0 Å². The number of para-hydroxylation sites is 4. The molecule has 0 fully saturated rings. The van der Waals surface area contributed by atoms with E-state index in [0.717, 1.165) is 55.3 Å². The molecule has 0 amide bonds. The molecule has 0 N–H and O–H groups in total. The first-order valence-corrected chi connectivity index (χ1v) is 19.2. The molecule has 13 aromatic rings. The van der Waals surface area contributed by atoms with E-state index in [0.29, 0.717) is 17.5 Å². The van der Waals surface area contributed by atoms with E-state index < -0.39 is 0 Å². The molecule has 6 nitrogen and oxygen atoms in total. The Bertz CT molecular complexity index is 3690. The maximum Gasteiger partial charge on any atom is 0.167 e. The Morgan fingerprint density at radius 1 is 0.368 bits per heavy atom. The van der Waals surface area contributed by atoms with Crippen molar-refractivity contribution < 1.29 is 4.42 Å². The molecule has 13 rings (SSSR count). The predicted octanol–water partition coefficient (Wildman–Crippen LogP) is 13.0. The fourth-order valence-corrected chi connectivity index (χ4v) is 9.21. The topological polar surface area (TPSA) is 61.2 Å². The van der Waals surface area contributed by atoms with Crippen molar-refractivity contribution in [3.05, 3.63) is 176 Å². The highest BCUT2D eigenvalue weighted by Gasteiger charge is 2.23. The number of hydrogen-bond donors (Lipinski definition) is 0. The van der Waals surface area contributed by atoms with E-state index >= 15 is 0 Å². The molecular formula is C51H29N5O. The molecule has 264 valence electrons. The number of nitrogens with zero attached hydrogens (tertiary/aromatic N) is 5. The standard InChI is InChI=1S/C51H29N5O/c1-3-14-30(15-4-1)49-52-50(31-16-5-2-6-17-31)54-51(53-49)41-27-32(26-40-35-20-9-12-25-46(35)57-48(40)41)55-42-23-10-8-19-34(42)38-28-39-37-22-13-21-36-33-18-7-11-24-43(33)56(47(36)37)45(39)29-44(38)55/h1-29H. The highest BCUT2D eigenvalue weighted by atomic mass is 16.3. The van der Waals surface area contributed by atoms with Gasteiger partial charge in [-0.1, -0.05) is 133 Å². The van der Waals surface area contributed by atoms with Gasteiger partial charge in [0.15, 0.2) is 17.5 Å². The van der Waals surface area contributed by atoms with E-state index in [4.69, 9.17) is 19.4 Å². The Labute approximate surface area is 324 Å². The quantitative estimate of drug-likeness (QED) is 0.181. The van der Waals surface area contributed by atoms with Crippen molar-refractivity contribution in [1.29, 1.82) is 0 Å². The van der Waals surface area contributed by atoms with Crippen LogP contribution in [0.4, 0.5) is 0 Å². The van der Waals surface area contributed by atoms with Crippen LogP contribution in [0.5, 0.6) is 0 Å². The van der Waals surface area contributed by atoms with Crippen molar-refractivity contribution in [3.8, 4) is 39.9 Å². The van der Waals surface area contributed by atoms with Crippen LogP contribution in [0.15, 0.2) is 180 Å². The van der Waals surface area contributed by atoms with Gasteiger partial charge >= 0.3 is 0 Å². The van der Waals surface area contributed by atoms with Gasteiger partial charge in [-0.05, 0) is 42.5 Å². The number of aromatic nitrogens is 5. The Kier molecular flexibility index (Phi) is 6.07. The molecule has 5 heterocycles. The predicted molar refractivity (Wildman–Crippen MR) is 232 cm³/mol. The second-order valence-corrected chi connectivity index (χ2v) is 14.8. The van der Waals surface area contributed by atoms with Crippen LogP contribution in [0.1, 0.15) is 0 Å². The van der Waals surface area contributed by atoms with Crippen molar-refractivity contribution >= 4 is 81.8 Å². The molecule has 0 aliphatic heterocycles. The van der Waals surface area contributed by atoms with E-state index in [1.165, 1.54) is 48.9 Å². The SMILES string of the molecule is c1ccc(-c2nc(-c3ccccc3)nc(-c3cc(-n4c5ccccc5c5cc6c7cccc8c9ccccc9n(c6cc54)c87)cc4c3oc3ccccc34)n2)cc1. The molecule has 0 radical (unpaired) electrons. The third kappa shape index (κ3) is 4.26. The van der Waals surface area contributed by atoms with E-state index in [2.05, 4.69) is 112 Å². The van der Waals surface area contributed by atoms with Crippen LogP contribution in [-0.4, -0.2) is 23.9 Å². The molecule has 0 aliphatic rings. The lowest BCUT2D eigenvalue weighted by Crippen LogP contribution is -2.01. The Hall–Kier alpha value is -7.83. The number of rotatable bonds is 4. The summed E-state index contributed by atoms with van der Waals surface area (Å²) in [6, 6.07) is 61.9. The summed E-state index contributed by atoms with van der Waals surface area (Å²) in [6.07, 6.45) is 0. The van der Waals surface area contributed by atoms with E-state index in [1.807, 2.05) is 72.8 Å². The largest absolute Gasteiger partial charge is 0.455 e. The van der Waals surface area contributed by atoms with E-state index in [-0.39, 0.29) is 0 Å². The fourth-order valence-electron chi connectivity index (χ4n) is 9.21. The van der Waals surface area contributed by atoms with Gasteiger partial charge < -0.3 is 13.4 Å². The molecule has 0 spiro atoms. The minimum Gasteiger partial charge on any atom is -0.455 e. The van der Waals surface area contributed by atoms with Gasteiger partial charge in [-0.3, -0.25) is 0 Å². The Balaban J connectivity index is 1.16. The van der Waals surface area contributed by atoms with Gasteiger partial charge in [0.1, 0.15) is 11.2 Å². The Morgan fingerprint density at radius 2 is 0.930 bits per heavy atom. The minimum atomic E-state index is 0.548. The van der Waals surface area contributed by atoms with Gasteiger partial charge in [-0.25, -0.2) is 15.0 Å². The van der Waals surface area contributed by atoms with Crippen LogP contribution in [0.25, 0.3) is 122 Å². The van der Waals surface area contributed by atoms with Crippen molar-refractivity contribution in [1.82, 2.24) is 23.9 Å². The molecule has 0 aliphatic carbocycles. The van der Waals surface area contributed by atoms with Crippen LogP contribution in [0.2, 0.25) is 0 Å². The normalized spacial score (nSPS) is 12.2. The van der Waals surface area contributed by atoms with Crippen LogP contribution in [-0.2, 0) is 0 Å². The highest BCUT2D eigenvalue weighted by molar-refractivity contribution is 6.26. The number of hydrogen-bond acceptors (Lipinski definition) is 4. The summed E-state index contributed by atoms with van der Waals surface area (Å²) in [5, 5.41) is 9.50. The number of furan rings is 1. The van der Waals surface area contributed by atoms with E-state index in [9.17, 15) is 0 Å². The summed E-state index contributed by atoms with van der Waals surface area (Å²) in [6.45, 7) is 0. The summed E-state index contributed by atoms with van der Waals surface area (Å²) in [5.74, 6) is 1.75. The number of benzene rings is 8. The van der Waals surface area contributed by atoms with Gasteiger partial charge in [0.2, 0.25) is 0 Å². The van der Waals surface area contributed by atoms with Gasteiger partial charge in [0.25, 0.3) is 0 Å². The summed E-state index contributed by atoms with van der Waals surface area (Å²) in [7, 11) is 0. The first-order chi connectivity index (χ1) is 28.3. The summed E-state index contributed by atoms with van der Waals surface area (Å²) in [4.78, 5) is 15.4. The van der Waals surface area contributed by atoms with Gasteiger partial charge in [0, 0.05) is 59.9 Å². The lowest BCUT2D eigenvalue weighted by atomic mass is 10.1. The molecule has 0 unspecified atom stereocenters. The summed E-state index contributed by atoms with van der Waals surface area (Å²) < 4.78 is 11.6. The lowest BCUT2D eigenvalue weighted by Gasteiger charge is -2.13. The van der Waals surface area contributed by atoms with Crippen LogP contribution >= 0.6 is 0 Å². The average molecular weight is 728 g/mol. The van der Waals surface area contributed by atoms with Crippen LogP contribution in [0.3, 0.4) is 0 Å². The van der Waals surface area contributed by atoms with Gasteiger partial charge in [-0.2, -0.15) is 0 Å². The molecule has 0 atom stereocenters. The molecule has 0 saturated heterocycles. The highest BCUT2D eigenvalue weighted by Crippen LogP contribution is 2.44. The maximum atomic E-state index is 6.72. The smallest absolute Gasteiger partial charge is 0.167 e. The first kappa shape index (κ1) is 30.5. The molecule has 5 aromatic heterocycles. The summed E-state index contributed by atoms with van der Waals surface area (Å²) >= 11 is 0. The zero-order chi connectivity index (χ0) is 37.2. The molecule has 0 bridgehead atoms. The van der Waals surface area contributed by atoms with Crippen LogP contribution in [0, 0.1) is 0 Å². The number of fused-ring (bicyclic) bond motifs is 12. The van der Waals surface area contributed by atoms with Crippen molar-refractivity contribution in [2.24, 2.45) is 0 Å². The summed E-state index contributed by atoms with van der Waals surface area (Å²) in [5.41, 5.74) is 11.1. The van der Waals surface area contributed by atoms with Gasteiger partial charge in [-0.15, -0.1) is 0 Å². The van der Waals surface area contributed by atoms with E-state index in [1.54, 1.807) is 0 Å². The first-order valence-electron chi connectivity index (χ1n) is 19.2. The van der Waals surface area contributed by atoms with Crippen LogP contribution < -0.4 is 0 Å². The molecule has 0 saturated carbocycles. The maximum absolute atomic E-state index is 6.72. The van der Waals surface area contributed by atoms with Gasteiger partial charge in [0.05, 0.1) is 33.1 Å². The second kappa shape index (κ2) is 11.4. The zero-order valence-electron chi connectivity index (χ0n) is 30.4. The molecule has 8 aromatic carbocycles. The Morgan fingerprint density at radius 3 is 1.67 bits per heavy atom. The molecule has 6 heteroatoms. The minimum absolute atomic E-state index is 0.548. The second-order valence-electron chi connectivity index (χ2n) is 14.8. The molecule has 57 heavy (non-hydrogen) atoms. The molecular weight excluding hydrogens is 699 g/mol. The van der Waals surface area contributed by atoms with Crippen molar-refractivity contribution in [3.63, 3.8) is 0 Å². The lowest BCUT2D eigenvalue weighted by molar-refractivity contribution is 0.669. The fraction of sp³-hybridized carbons (Fsp3) is 0. The third-order valence-electron chi connectivity index (χ3n) is 11.7. The zero-order valence-corrected chi connectivity index (χ0v) is 30.4. The van der Waals surface area contributed by atoms with Crippen molar-refractivity contribution in [2.45, 2.75) is 0 Å². The third-order valence-corrected chi connectivity index (χ3v) is 11.7. The average Bonchev–Trinajstić information content (AvgIpc) is 4.01. The monoisotopic (exact) mass is 727 g/mol.